The second kappa shape index (κ2) is 12.6. The average molecular weight is 605 g/mol. The van der Waals surface area contributed by atoms with Crippen LogP contribution in [0.25, 0.3) is 0 Å². The first-order valence-electron chi connectivity index (χ1n) is 14.1. The highest BCUT2D eigenvalue weighted by molar-refractivity contribution is 6.36. The van der Waals surface area contributed by atoms with Gasteiger partial charge in [-0.15, -0.1) is 5.10 Å². The van der Waals surface area contributed by atoms with Gasteiger partial charge in [-0.05, 0) is 53.8 Å². The van der Waals surface area contributed by atoms with E-state index in [9.17, 15) is 9.59 Å². The molecule has 4 aromatic rings. The molecule has 11 heteroatoms. The zero-order valence-corrected chi connectivity index (χ0v) is 24.6. The first kappa shape index (κ1) is 28.3. The van der Waals surface area contributed by atoms with Gasteiger partial charge in [0, 0.05) is 72.8 Å². The molecule has 6 rings (SSSR count). The second-order valence-electron chi connectivity index (χ2n) is 10.7. The van der Waals surface area contributed by atoms with Crippen LogP contribution in [-0.4, -0.2) is 68.6 Å². The van der Waals surface area contributed by atoms with Gasteiger partial charge >= 0.3 is 0 Å². The summed E-state index contributed by atoms with van der Waals surface area (Å²) in [5, 5.41) is 8.17. The summed E-state index contributed by atoms with van der Waals surface area (Å²) in [6.07, 6.45) is 6.66. The van der Waals surface area contributed by atoms with Crippen LogP contribution in [-0.2, 0) is 30.7 Å². The summed E-state index contributed by atoms with van der Waals surface area (Å²) in [4.78, 5) is 39.3. The van der Waals surface area contributed by atoms with Crippen LogP contribution in [0.15, 0.2) is 67.3 Å². The molecule has 1 aliphatic heterocycles. The minimum absolute atomic E-state index is 0.000878. The predicted molar refractivity (Wildman–Crippen MR) is 162 cm³/mol. The number of halogens is 2. The van der Waals surface area contributed by atoms with Gasteiger partial charge in [0.05, 0.1) is 12.6 Å². The van der Waals surface area contributed by atoms with Crippen LogP contribution in [0, 0.1) is 0 Å². The van der Waals surface area contributed by atoms with Gasteiger partial charge in [0.25, 0.3) is 5.91 Å². The van der Waals surface area contributed by atoms with Crippen molar-refractivity contribution in [3.63, 3.8) is 0 Å². The number of carbonyl (C=O) groups excluding carboxylic acids is 2. The van der Waals surface area contributed by atoms with E-state index in [2.05, 4.69) is 60.5 Å². The first-order chi connectivity index (χ1) is 20.4. The Balaban J connectivity index is 1.04. The molecule has 2 aromatic heterocycles. The van der Waals surface area contributed by atoms with Gasteiger partial charge in [0.2, 0.25) is 5.82 Å². The number of amides is 1. The Morgan fingerprint density at radius 1 is 0.952 bits per heavy atom. The molecule has 216 valence electrons. The van der Waals surface area contributed by atoms with Crippen molar-refractivity contribution in [3.8, 4) is 0 Å². The number of nitrogens with one attached hydrogen (secondary N) is 1. The van der Waals surface area contributed by atoms with E-state index < -0.39 is 11.9 Å². The Bertz CT molecular complexity index is 1570. The van der Waals surface area contributed by atoms with Crippen LogP contribution in [0.5, 0.6) is 0 Å². The number of hydrogen-bond acceptors (Lipinski definition) is 7. The molecule has 9 nitrogen and oxygen atoms in total. The topological polar surface area (TPSA) is 96.3 Å². The summed E-state index contributed by atoms with van der Waals surface area (Å²) in [5.74, 6) is -0.485. The second-order valence-corrected chi connectivity index (χ2v) is 11.6. The maximum absolute atomic E-state index is 13.2. The van der Waals surface area contributed by atoms with Gasteiger partial charge < -0.3 is 10.2 Å². The minimum Gasteiger partial charge on any atom is -0.369 e. The number of aryl methyl sites for hydroxylation is 1. The third-order valence-electron chi connectivity index (χ3n) is 7.96. The summed E-state index contributed by atoms with van der Waals surface area (Å²) >= 11 is 12.5. The zero-order chi connectivity index (χ0) is 29.1. The van der Waals surface area contributed by atoms with Crippen molar-refractivity contribution < 1.29 is 9.59 Å². The number of piperazine rings is 1. The van der Waals surface area contributed by atoms with Crippen LogP contribution >= 0.6 is 23.2 Å². The molecule has 0 saturated carbocycles. The van der Waals surface area contributed by atoms with Crippen LogP contribution in [0.4, 0.5) is 5.69 Å². The molecule has 42 heavy (non-hydrogen) atoms. The monoisotopic (exact) mass is 603 g/mol. The summed E-state index contributed by atoms with van der Waals surface area (Å²) < 4.78 is 1.51. The van der Waals surface area contributed by atoms with Crippen molar-refractivity contribution in [2.24, 2.45) is 0 Å². The quantitative estimate of drug-likeness (QED) is 0.316. The smallest absolute Gasteiger partial charge is 0.291 e. The SMILES string of the molecule is O=C(NC1CCc2ccc(CN3CCN(c4ccncc4)CC3)cc2CC1=O)c1ncn(Cc2c(Cl)cccc2Cl)n1. The number of anilines is 1. The normalized spacial score (nSPS) is 17.5. The van der Waals surface area contributed by atoms with Crippen molar-refractivity contribution in [3.05, 3.63) is 105 Å². The van der Waals surface area contributed by atoms with Gasteiger partial charge in [-0.3, -0.25) is 19.5 Å². The zero-order valence-electron chi connectivity index (χ0n) is 23.0. The molecular weight excluding hydrogens is 573 g/mol. The van der Waals surface area contributed by atoms with Gasteiger partial charge in [-0.2, -0.15) is 0 Å². The predicted octanol–water partition coefficient (Wildman–Crippen LogP) is 4.21. The number of ketones is 1. The minimum atomic E-state index is -0.598. The standard InChI is InChI=1S/C31H31Cl2N7O2/c32-26-2-1-3-27(33)25(26)19-40-20-35-30(37-40)31(42)36-28-7-6-22-5-4-21(16-23(22)17-29(28)41)18-38-12-14-39(15-13-38)24-8-10-34-11-9-24/h1-5,8-11,16,20,28H,6-7,12-15,17-19H2,(H,36,42). The fourth-order valence-corrected chi connectivity index (χ4v) is 6.15. The van der Waals surface area contributed by atoms with E-state index in [1.54, 1.807) is 18.2 Å². The largest absolute Gasteiger partial charge is 0.369 e. The molecule has 1 amide bonds. The number of aromatic nitrogens is 4. The molecule has 2 aromatic carbocycles. The summed E-state index contributed by atoms with van der Waals surface area (Å²) in [7, 11) is 0. The third kappa shape index (κ3) is 6.48. The number of hydrogen-bond donors (Lipinski definition) is 1. The van der Waals surface area contributed by atoms with Gasteiger partial charge in [0.1, 0.15) is 6.33 Å². The first-order valence-corrected chi connectivity index (χ1v) is 14.8. The highest BCUT2D eigenvalue weighted by Gasteiger charge is 2.27. The Morgan fingerprint density at radius 3 is 2.48 bits per heavy atom. The molecule has 1 unspecified atom stereocenters. The Kier molecular flexibility index (Phi) is 8.51. The number of rotatable bonds is 7. The average Bonchev–Trinajstić information content (AvgIpc) is 3.41. The fourth-order valence-electron chi connectivity index (χ4n) is 5.63. The molecule has 1 N–H and O–H groups in total. The maximum Gasteiger partial charge on any atom is 0.291 e. The van der Waals surface area contributed by atoms with Gasteiger partial charge in [-0.1, -0.05) is 47.5 Å². The number of nitrogens with zero attached hydrogens (tertiary/aromatic N) is 6. The highest BCUT2D eigenvalue weighted by atomic mass is 35.5. The maximum atomic E-state index is 13.2. The van der Waals surface area contributed by atoms with Crippen LogP contribution in [0.3, 0.4) is 0 Å². The molecule has 0 radical (unpaired) electrons. The Labute approximate surface area is 254 Å². The molecule has 0 spiro atoms. The molecule has 1 saturated heterocycles. The van der Waals surface area contributed by atoms with Gasteiger partial charge in [-0.25, -0.2) is 9.67 Å². The molecule has 2 aliphatic rings. The molecule has 1 fully saturated rings. The molecular formula is C31H31Cl2N7O2. The number of carbonyl (C=O) groups is 2. The van der Waals surface area contributed by atoms with Crippen molar-refractivity contribution in [2.75, 3.05) is 31.1 Å². The van der Waals surface area contributed by atoms with Gasteiger partial charge in [0.15, 0.2) is 5.78 Å². The fraction of sp³-hybridized carbons (Fsp3) is 0.323. The lowest BCUT2D eigenvalue weighted by atomic mass is 9.99. The number of fused-ring (bicyclic) bond motifs is 1. The number of benzene rings is 2. The number of Topliss-reactive ketones (excluding diaryl/α,β-unsaturated/α-hetero) is 1. The van der Waals surface area contributed by atoms with E-state index in [0.29, 0.717) is 28.5 Å². The van der Waals surface area contributed by atoms with E-state index in [-0.39, 0.29) is 24.6 Å². The van der Waals surface area contributed by atoms with E-state index in [1.807, 2.05) is 12.4 Å². The van der Waals surface area contributed by atoms with Crippen LogP contribution in [0.2, 0.25) is 10.0 Å². The van der Waals surface area contributed by atoms with E-state index >= 15 is 0 Å². The summed E-state index contributed by atoms with van der Waals surface area (Å²) in [6.45, 7) is 5.01. The Morgan fingerprint density at radius 2 is 1.71 bits per heavy atom. The molecule has 1 aliphatic carbocycles. The lowest BCUT2D eigenvalue weighted by Gasteiger charge is -2.36. The van der Waals surface area contributed by atoms with E-state index in [4.69, 9.17) is 23.2 Å². The van der Waals surface area contributed by atoms with Crippen molar-refractivity contribution in [1.29, 1.82) is 0 Å². The summed E-state index contributed by atoms with van der Waals surface area (Å²) in [5.41, 5.74) is 5.31. The molecule has 1 atom stereocenters. The van der Waals surface area contributed by atoms with Crippen LogP contribution in [0.1, 0.15) is 39.3 Å². The lowest BCUT2D eigenvalue weighted by Crippen LogP contribution is -2.46. The molecule has 3 heterocycles. The molecule has 0 bridgehead atoms. The number of pyridine rings is 1. The van der Waals surface area contributed by atoms with E-state index in [1.165, 1.54) is 22.3 Å². The van der Waals surface area contributed by atoms with Crippen LogP contribution < -0.4 is 10.2 Å². The Hall–Kier alpha value is -3.79. The third-order valence-corrected chi connectivity index (χ3v) is 8.67. The van der Waals surface area contributed by atoms with Crippen molar-refractivity contribution in [1.82, 2.24) is 30.0 Å². The van der Waals surface area contributed by atoms with Crippen molar-refractivity contribution in [2.45, 2.75) is 38.4 Å². The highest BCUT2D eigenvalue weighted by Crippen LogP contribution is 2.25. The summed E-state index contributed by atoms with van der Waals surface area (Å²) in [6, 6.07) is 15.2. The lowest BCUT2D eigenvalue weighted by molar-refractivity contribution is -0.120. The van der Waals surface area contributed by atoms with E-state index in [0.717, 1.165) is 43.9 Å². The van der Waals surface area contributed by atoms with Crippen molar-refractivity contribution >= 4 is 40.6 Å².